The van der Waals surface area contributed by atoms with Crippen LogP contribution in [0.3, 0.4) is 0 Å². The number of guanidine groups is 1. The number of ether oxygens (including phenoxy) is 1. The van der Waals surface area contributed by atoms with Crippen molar-refractivity contribution in [3.05, 3.63) is 52.2 Å². The first-order valence-corrected chi connectivity index (χ1v) is 8.79. The van der Waals surface area contributed by atoms with E-state index in [4.69, 9.17) is 4.74 Å². The van der Waals surface area contributed by atoms with E-state index in [0.29, 0.717) is 12.5 Å². The standard InChI is InChI=1S/C18H25N3OS/c1-4-19-18(20-12-14(2)17-9-6-10-23-17)21-13-15-7-5-8-16(11-15)22-3/h5-11,14H,4,12-13H2,1-3H3,(H2,19,20,21). The quantitative estimate of drug-likeness (QED) is 0.602. The number of methoxy groups -OCH3 is 1. The molecule has 1 unspecified atom stereocenters. The van der Waals surface area contributed by atoms with Gasteiger partial charge in [-0.3, -0.25) is 0 Å². The molecular formula is C18H25N3OS. The molecular weight excluding hydrogens is 306 g/mol. The molecule has 2 rings (SSSR count). The van der Waals surface area contributed by atoms with Gasteiger partial charge in [0.1, 0.15) is 5.75 Å². The van der Waals surface area contributed by atoms with E-state index >= 15 is 0 Å². The number of hydrogen-bond donors (Lipinski definition) is 2. The molecule has 124 valence electrons. The Balaban J connectivity index is 1.93. The molecule has 1 heterocycles. The van der Waals surface area contributed by atoms with Crippen molar-refractivity contribution in [2.24, 2.45) is 4.99 Å². The van der Waals surface area contributed by atoms with Crippen LogP contribution in [0.2, 0.25) is 0 Å². The molecule has 0 radical (unpaired) electrons. The predicted octanol–water partition coefficient (Wildman–Crippen LogP) is 3.62. The van der Waals surface area contributed by atoms with Gasteiger partial charge in [-0.25, -0.2) is 4.99 Å². The number of thiophene rings is 1. The highest BCUT2D eigenvalue weighted by Crippen LogP contribution is 2.19. The maximum atomic E-state index is 5.25. The second kappa shape index (κ2) is 9.20. The second-order valence-corrected chi connectivity index (χ2v) is 6.32. The normalized spacial score (nSPS) is 12.7. The number of aliphatic imine (C=N–C) groups is 1. The molecule has 0 amide bonds. The average molecular weight is 331 g/mol. The van der Waals surface area contributed by atoms with E-state index in [0.717, 1.165) is 30.4 Å². The largest absolute Gasteiger partial charge is 0.497 e. The molecule has 0 aliphatic rings. The van der Waals surface area contributed by atoms with Crippen LogP contribution in [-0.4, -0.2) is 26.2 Å². The van der Waals surface area contributed by atoms with E-state index in [2.05, 4.69) is 53.1 Å². The molecule has 1 aromatic carbocycles. The first-order chi connectivity index (χ1) is 11.2. The number of rotatable bonds is 7. The van der Waals surface area contributed by atoms with Gasteiger partial charge in [-0.2, -0.15) is 0 Å². The molecule has 23 heavy (non-hydrogen) atoms. The molecule has 0 bridgehead atoms. The summed E-state index contributed by atoms with van der Waals surface area (Å²) >= 11 is 1.80. The Bertz CT molecular complexity index is 610. The Morgan fingerprint density at radius 1 is 1.26 bits per heavy atom. The van der Waals surface area contributed by atoms with Crippen molar-refractivity contribution in [1.29, 1.82) is 0 Å². The van der Waals surface area contributed by atoms with Crippen molar-refractivity contribution in [1.82, 2.24) is 10.6 Å². The van der Waals surface area contributed by atoms with Crippen molar-refractivity contribution in [3.8, 4) is 5.75 Å². The third-order valence-electron chi connectivity index (χ3n) is 3.50. The highest BCUT2D eigenvalue weighted by molar-refractivity contribution is 7.10. The predicted molar refractivity (Wildman–Crippen MR) is 98.5 cm³/mol. The van der Waals surface area contributed by atoms with Crippen LogP contribution in [0, 0.1) is 0 Å². The Labute approximate surface area is 142 Å². The summed E-state index contributed by atoms with van der Waals surface area (Å²) in [7, 11) is 1.68. The lowest BCUT2D eigenvalue weighted by atomic mass is 10.1. The third kappa shape index (κ3) is 5.60. The van der Waals surface area contributed by atoms with Gasteiger partial charge < -0.3 is 15.4 Å². The van der Waals surface area contributed by atoms with Crippen LogP contribution in [0.1, 0.15) is 30.2 Å². The van der Waals surface area contributed by atoms with Crippen LogP contribution in [0.5, 0.6) is 5.75 Å². The molecule has 0 spiro atoms. The Morgan fingerprint density at radius 2 is 2.13 bits per heavy atom. The maximum absolute atomic E-state index is 5.25. The number of nitrogens with one attached hydrogen (secondary N) is 2. The summed E-state index contributed by atoms with van der Waals surface area (Å²) in [5, 5.41) is 8.83. The smallest absolute Gasteiger partial charge is 0.191 e. The van der Waals surface area contributed by atoms with Crippen molar-refractivity contribution >= 4 is 17.3 Å². The van der Waals surface area contributed by atoms with E-state index in [9.17, 15) is 0 Å². The van der Waals surface area contributed by atoms with E-state index < -0.39 is 0 Å². The monoisotopic (exact) mass is 331 g/mol. The van der Waals surface area contributed by atoms with Crippen molar-refractivity contribution in [2.75, 3.05) is 20.2 Å². The fourth-order valence-electron chi connectivity index (χ4n) is 2.20. The summed E-state index contributed by atoms with van der Waals surface area (Å²) in [5.74, 6) is 2.18. The summed E-state index contributed by atoms with van der Waals surface area (Å²) in [6.07, 6.45) is 0. The zero-order chi connectivity index (χ0) is 16.5. The van der Waals surface area contributed by atoms with E-state index in [1.54, 1.807) is 18.4 Å². The zero-order valence-corrected chi connectivity index (χ0v) is 14.8. The molecule has 0 aliphatic carbocycles. The van der Waals surface area contributed by atoms with E-state index in [-0.39, 0.29) is 0 Å². The van der Waals surface area contributed by atoms with Crippen LogP contribution in [0.4, 0.5) is 0 Å². The lowest BCUT2D eigenvalue weighted by Crippen LogP contribution is -2.39. The molecule has 1 aromatic heterocycles. The SMILES string of the molecule is CCNC(=NCc1cccc(OC)c1)NCC(C)c1cccs1. The molecule has 1 atom stereocenters. The van der Waals surface area contributed by atoms with Crippen LogP contribution in [0.15, 0.2) is 46.8 Å². The molecule has 2 aromatic rings. The van der Waals surface area contributed by atoms with Gasteiger partial charge in [0.2, 0.25) is 0 Å². The molecule has 0 aliphatic heterocycles. The van der Waals surface area contributed by atoms with Gasteiger partial charge in [-0.05, 0) is 36.1 Å². The van der Waals surface area contributed by atoms with Gasteiger partial charge in [-0.1, -0.05) is 25.1 Å². The first kappa shape index (κ1) is 17.3. The molecule has 5 heteroatoms. The highest BCUT2D eigenvalue weighted by Gasteiger charge is 2.07. The van der Waals surface area contributed by atoms with Gasteiger partial charge >= 0.3 is 0 Å². The molecule has 0 saturated carbocycles. The Morgan fingerprint density at radius 3 is 2.83 bits per heavy atom. The Hall–Kier alpha value is -2.01. The van der Waals surface area contributed by atoms with Gasteiger partial charge in [0.15, 0.2) is 5.96 Å². The fourth-order valence-corrected chi connectivity index (χ4v) is 2.99. The highest BCUT2D eigenvalue weighted by atomic mass is 32.1. The molecule has 4 nitrogen and oxygen atoms in total. The summed E-state index contributed by atoms with van der Waals surface area (Å²) in [5.41, 5.74) is 1.13. The first-order valence-electron chi connectivity index (χ1n) is 7.91. The van der Waals surface area contributed by atoms with Crippen LogP contribution >= 0.6 is 11.3 Å². The van der Waals surface area contributed by atoms with E-state index in [1.807, 2.05) is 18.2 Å². The van der Waals surface area contributed by atoms with Gasteiger partial charge in [0, 0.05) is 23.9 Å². The number of benzene rings is 1. The van der Waals surface area contributed by atoms with Crippen molar-refractivity contribution in [3.63, 3.8) is 0 Å². The summed E-state index contributed by atoms with van der Waals surface area (Å²) in [4.78, 5) is 6.04. The molecule has 0 saturated heterocycles. The van der Waals surface area contributed by atoms with Crippen LogP contribution < -0.4 is 15.4 Å². The summed E-state index contributed by atoms with van der Waals surface area (Å²) in [6, 6.07) is 12.3. The zero-order valence-electron chi connectivity index (χ0n) is 14.0. The Kier molecular flexibility index (Phi) is 6.94. The fraction of sp³-hybridized carbons (Fsp3) is 0.389. The summed E-state index contributed by atoms with van der Waals surface area (Å²) < 4.78 is 5.25. The summed E-state index contributed by atoms with van der Waals surface area (Å²) in [6.45, 7) is 6.64. The number of hydrogen-bond acceptors (Lipinski definition) is 3. The lowest BCUT2D eigenvalue weighted by molar-refractivity contribution is 0.414. The number of nitrogens with zero attached hydrogens (tertiary/aromatic N) is 1. The second-order valence-electron chi connectivity index (χ2n) is 5.34. The third-order valence-corrected chi connectivity index (χ3v) is 4.61. The minimum Gasteiger partial charge on any atom is -0.497 e. The minimum absolute atomic E-state index is 0.468. The van der Waals surface area contributed by atoms with Gasteiger partial charge in [0.25, 0.3) is 0 Å². The average Bonchev–Trinajstić information content (AvgIpc) is 3.12. The maximum Gasteiger partial charge on any atom is 0.191 e. The van der Waals surface area contributed by atoms with Crippen LogP contribution in [-0.2, 0) is 6.54 Å². The molecule has 2 N–H and O–H groups in total. The lowest BCUT2D eigenvalue weighted by Gasteiger charge is -2.15. The van der Waals surface area contributed by atoms with E-state index in [1.165, 1.54) is 4.88 Å². The van der Waals surface area contributed by atoms with Crippen molar-refractivity contribution < 1.29 is 4.74 Å². The van der Waals surface area contributed by atoms with Gasteiger partial charge in [-0.15, -0.1) is 11.3 Å². The molecule has 0 fully saturated rings. The van der Waals surface area contributed by atoms with Gasteiger partial charge in [0.05, 0.1) is 13.7 Å². The van der Waals surface area contributed by atoms with Crippen LogP contribution in [0.25, 0.3) is 0 Å². The topological polar surface area (TPSA) is 45.7 Å². The van der Waals surface area contributed by atoms with Crippen molar-refractivity contribution in [2.45, 2.75) is 26.3 Å². The minimum atomic E-state index is 0.468.